The first-order chi connectivity index (χ1) is 9.72. The normalized spacial score (nSPS) is 12.2. The van der Waals surface area contributed by atoms with Gasteiger partial charge < -0.3 is 19.9 Å². The highest BCUT2D eigenvalue weighted by Gasteiger charge is 2.13. The van der Waals surface area contributed by atoms with Crippen LogP contribution in [-0.4, -0.2) is 22.9 Å². The highest BCUT2D eigenvalue weighted by atomic mass is 16.7. The molecular weight excluding hydrogens is 260 g/mol. The van der Waals surface area contributed by atoms with Crippen LogP contribution in [0.5, 0.6) is 11.5 Å². The highest BCUT2D eigenvalue weighted by molar-refractivity contribution is 5.88. The Hall–Kier alpha value is -2.76. The van der Waals surface area contributed by atoms with E-state index in [0.29, 0.717) is 12.4 Å². The van der Waals surface area contributed by atoms with Crippen molar-refractivity contribution in [3.63, 3.8) is 0 Å². The molecule has 20 heavy (non-hydrogen) atoms. The second-order valence-electron chi connectivity index (χ2n) is 4.28. The van der Waals surface area contributed by atoms with E-state index in [4.69, 9.17) is 14.6 Å². The van der Waals surface area contributed by atoms with Gasteiger partial charge in [0, 0.05) is 12.7 Å². The molecule has 1 aromatic carbocycles. The third-order valence-corrected chi connectivity index (χ3v) is 2.92. The number of benzene rings is 1. The Kier molecular flexibility index (Phi) is 3.12. The van der Waals surface area contributed by atoms with E-state index in [1.54, 1.807) is 0 Å². The number of carboxylic acid groups (broad SMARTS) is 1. The van der Waals surface area contributed by atoms with Crippen LogP contribution in [-0.2, 0) is 6.54 Å². The van der Waals surface area contributed by atoms with Crippen LogP contribution < -0.4 is 14.8 Å². The molecule has 0 saturated heterocycles. The third kappa shape index (κ3) is 2.49. The van der Waals surface area contributed by atoms with Crippen LogP contribution in [0.25, 0.3) is 0 Å². The van der Waals surface area contributed by atoms with Crippen LogP contribution in [0.2, 0.25) is 0 Å². The minimum Gasteiger partial charge on any atom is -0.478 e. The van der Waals surface area contributed by atoms with Crippen LogP contribution in [0.4, 0.5) is 5.82 Å². The van der Waals surface area contributed by atoms with Crippen LogP contribution in [0.15, 0.2) is 36.5 Å². The average Bonchev–Trinajstić information content (AvgIpc) is 2.93. The number of ether oxygens (including phenoxy) is 2. The van der Waals surface area contributed by atoms with Gasteiger partial charge in [0.15, 0.2) is 11.5 Å². The molecule has 0 unspecified atom stereocenters. The Morgan fingerprint density at radius 3 is 2.95 bits per heavy atom. The molecule has 3 rings (SSSR count). The number of carboxylic acids is 1. The minimum absolute atomic E-state index is 0.202. The van der Waals surface area contributed by atoms with Crippen molar-refractivity contribution >= 4 is 11.8 Å². The summed E-state index contributed by atoms with van der Waals surface area (Å²) >= 11 is 0. The van der Waals surface area contributed by atoms with Gasteiger partial charge in [0.2, 0.25) is 6.79 Å². The molecule has 1 aliphatic heterocycles. The van der Waals surface area contributed by atoms with Gasteiger partial charge in [0.1, 0.15) is 5.82 Å². The fourth-order valence-electron chi connectivity index (χ4n) is 1.90. The molecule has 0 aliphatic carbocycles. The summed E-state index contributed by atoms with van der Waals surface area (Å²) in [6.07, 6.45) is 1.46. The predicted molar refractivity (Wildman–Crippen MR) is 71.1 cm³/mol. The van der Waals surface area contributed by atoms with Gasteiger partial charge in [0.25, 0.3) is 0 Å². The van der Waals surface area contributed by atoms with Crippen molar-refractivity contribution < 1.29 is 19.4 Å². The van der Waals surface area contributed by atoms with E-state index in [1.807, 2.05) is 18.2 Å². The van der Waals surface area contributed by atoms with E-state index in [0.717, 1.165) is 17.1 Å². The minimum atomic E-state index is -0.974. The van der Waals surface area contributed by atoms with Gasteiger partial charge in [-0.2, -0.15) is 0 Å². The smallest absolute Gasteiger partial charge is 0.335 e. The zero-order valence-corrected chi connectivity index (χ0v) is 10.5. The van der Waals surface area contributed by atoms with Crippen LogP contribution >= 0.6 is 0 Å². The van der Waals surface area contributed by atoms with Crippen molar-refractivity contribution in [2.75, 3.05) is 12.1 Å². The largest absolute Gasteiger partial charge is 0.478 e. The number of nitrogens with one attached hydrogen (secondary N) is 1. The molecular formula is C14H12N2O4. The summed E-state index contributed by atoms with van der Waals surface area (Å²) < 4.78 is 10.5. The third-order valence-electron chi connectivity index (χ3n) is 2.92. The molecule has 102 valence electrons. The lowest BCUT2D eigenvalue weighted by molar-refractivity contribution is 0.0697. The summed E-state index contributed by atoms with van der Waals surface area (Å²) in [7, 11) is 0. The molecule has 0 radical (unpaired) electrons. The van der Waals surface area contributed by atoms with E-state index in [1.165, 1.54) is 18.3 Å². The number of hydrogen-bond acceptors (Lipinski definition) is 5. The quantitative estimate of drug-likeness (QED) is 0.887. The predicted octanol–water partition coefficient (Wildman–Crippen LogP) is 2.12. The van der Waals surface area contributed by atoms with Crippen molar-refractivity contribution in [1.82, 2.24) is 4.98 Å². The molecule has 6 nitrogen and oxygen atoms in total. The van der Waals surface area contributed by atoms with Crippen molar-refractivity contribution in [3.8, 4) is 11.5 Å². The monoisotopic (exact) mass is 272 g/mol. The van der Waals surface area contributed by atoms with Gasteiger partial charge in [-0.05, 0) is 29.8 Å². The molecule has 0 fully saturated rings. The van der Waals surface area contributed by atoms with Crippen molar-refractivity contribution in [3.05, 3.63) is 47.7 Å². The van der Waals surface area contributed by atoms with Gasteiger partial charge >= 0.3 is 5.97 Å². The summed E-state index contributed by atoms with van der Waals surface area (Å²) in [5.41, 5.74) is 1.20. The van der Waals surface area contributed by atoms with Gasteiger partial charge in [-0.3, -0.25) is 0 Å². The lowest BCUT2D eigenvalue weighted by Crippen LogP contribution is -2.03. The van der Waals surface area contributed by atoms with Crippen molar-refractivity contribution in [2.24, 2.45) is 0 Å². The van der Waals surface area contributed by atoms with E-state index in [9.17, 15) is 4.79 Å². The van der Waals surface area contributed by atoms with Crippen LogP contribution in [0, 0.1) is 0 Å². The van der Waals surface area contributed by atoms with Gasteiger partial charge in [-0.1, -0.05) is 6.07 Å². The number of aromatic carboxylic acids is 1. The second kappa shape index (κ2) is 5.08. The maximum Gasteiger partial charge on any atom is 0.335 e. The van der Waals surface area contributed by atoms with Gasteiger partial charge in [-0.15, -0.1) is 0 Å². The summed E-state index contributed by atoms with van der Waals surface area (Å²) in [4.78, 5) is 14.9. The van der Waals surface area contributed by atoms with Crippen LogP contribution in [0.1, 0.15) is 15.9 Å². The SMILES string of the molecule is O=C(O)c1ccnc(NCc2ccc3c(c2)OCO3)c1. The second-order valence-corrected chi connectivity index (χ2v) is 4.28. The molecule has 0 bridgehead atoms. The van der Waals surface area contributed by atoms with E-state index < -0.39 is 5.97 Å². The van der Waals surface area contributed by atoms with E-state index in [-0.39, 0.29) is 12.4 Å². The molecule has 0 amide bonds. The number of nitrogens with zero attached hydrogens (tertiary/aromatic N) is 1. The Balaban J connectivity index is 1.70. The fourth-order valence-corrected chi connectivity index (χ4v) is 1.90. The lowest BCUT2D eigenvalue weighted by atomic mass is 10.2. The molecule has 1 aromatic heterocycles. The maximum absolute atomic E-state index is 10.9. The number of hydrogen-bond donors (Lipinski definition) is 2. The highest BCUT2D eigenvalue weighted by Crippen LogP contribution is 2.32. The summed E-state index contributed by atoms with van der Waals surface area (Å²) in [6, 6.07) is 8.60. The Labute approximate surface area is 115 Å². The topological polar surface area (TPSA) is 80.7 Å². The Morgan fingerprint density at radius 2 is 2.10 bits per heavy atom. The molecule has 0 atom stereocenters. The first-order valence-corrected chi connectivity index (χ1v) is 6.04. The zero-order chi connectivity index (χ0) is 13.9. The molecule has 1 aliphatic rings. The molecule has 0 spiro atoms. The number of rotatable bonds is 4. The van der Waals surface area contributed by atoms with Gasteiger partial charge in [0.05, 0.1) is 5.56 Å². The van der Waals surface area contributed by atoms with Crippen molar-refractivity contribution in [2.45, 2.75) is 6.54 Å². The first kappa shape index (κ1) is 12.3. The standard InChI is InChI=1S/C14H12N2O4/c17-14(18)10-3-4-15-13(6-10)16-7-9-1-2-11-12(5-9)20-8-19-11/h1-6H,7-8H2,(H,15,16)(H,17,18). The summed E-state index contributed by atoms with van der Waals surface area (Å²) in [5, 5.41) is 12.0. The zero-order valence-electron chi connectivity index (χ0n) is 10.5. The van der Waals surface area contributed by atoms with Gasteiger partial charge in [-0.25, -0.2) is 9.78 Å². The average molecular weight is 272 g/mol. The summed E-state index contributed by atoms with van der Waals surface area (Å²) in [5.74, 6) is 0.998. The van der Waals surface area contributed by atoms with Crippen LogP contribution in [0.3, 0.4) is 0 Å². The molecule has 2 aromatic rings. The molecule has 2 N–H and O–H groups in total. The number of pyridine rings is 1. The first-order valence-electron chi connectivity index (χ1n) is 6.04. The number of fused-ring (bicyclic) bond motifs is 1. The molecule has 0 saturated carbocycles. The number of carbonyl (C=O) groups is 1. The number of aromatic nitrogens is 1. The Morgan fingerprint density at radius 1 is 1.25 bits per heavy atom. The van der Waals surface area contributed by atoms with Crippen molar-refractivity contribution in [1.29, 1.82) is 0 Å². The lowest BCUT2D eigenvalue weighted by Gasteiger charge is -2.07. The van der Waals surface area contributed by atoms with E-state index >= 15 is 0 Å². The maximum atomic E-state index is 10.9. The fraction of sp³-hybridized carbons (Fsp3) is 0.143. The number of anilines is 1. The van der Waals surface area contributed by atoms with E-state index in [2.05, 4.69) is 10.3 Å². The molecule has 2 heterocycles. The molecule has 6 heteroatoms. The Bertz CT molecular complexity index is 657. The summed E-state index contributed by atoms with van der Waals surface area (Å²) in [6.45, 7) is 0.765.